The Labute approximate surface area is 174 Å². The molecule has 2 heterocycles. The number of β-lactam (4-membered cyclic amide) rings is 1. The van der Waals surface area contributed by atoms with Crippen LogP contribution in [-0.2, 0) is 25.4 Å². The smallest absolute Gasteiger partial charge is 0.259 e. The van der Waals surface area contributed by atoms with E-state index in [1.165, 1.54) is 24.8 Å². The molecule has 2 fully saturated rings. The molecule has 1 amide bonds. The maximum atomic E-state index is 13.2. The molecule has 162 valence electrons. The fourth-order valence-corrected chi connectivity index (χ4v) is 4.77. The van der Waals surface area contributed by atoms with Gasteiger partial charge in [-0.15, -0.1) is 0 Å². The van der Waals surface area contributed by atoms with Crippen LogP contribution >= 0.6 is 0 Å². The number of aromatic nitrogens is 1. The standard InChI is InChI=1S/C23H36N2O4/c1-6-7-17-12-20(17)18-8-9-24-19(11-18)13-23(29-15-28-5)21(10-16(2)3)25(14-27-4)22(23)26/h8-9,11,16-17,20-21H,6-7,10,12-15H2,1-5H3/t17-,20-,21-,23+/m0/s1. The normalized spacial score (nSPS) is 28.7. The number of likely N-dealkylation sites (tertiary alicyclic amines) is 1. The molecule has 1 saturated heterocycles. The Morgan fingerprint density at radius 2 is 2.10 bits per heavy atom. The number of amides is 1. The Kier molecular flexibility index (Phi) is 7.30. The van der Waals surface area contributed by atoms with Crippen molar-refractivity contribution < 1.29 is 19.0 Å². The molecule has 29 heavy (non-hydrogen) atoms. The molecule has 6 heteroatoms. The molecule has 0 bridgehead atoms. The van der Waals surface area contributed by atoms with Gasteiger partial charge in [0.15, 0.2) is 5.60 Å². The molecule has 3 rings (SSSR count). The van der Waals surface area contributed by atoms with Gasteiger partial charge in [-0.25, -0.2) is 0 Å². The predicted molar refractivity (Wildman–Crippen MR) is 111 cm³/mol. The van der Waals surface area contributed by atoms with Gasteiger partial charge in [-0.3, -0.25) is 9.78 Å². The number of rotatable bonds is 12. The van der Waals surface area contributed by atoms with Gasteiger partial charge >= 0.3 is 0 Å². The van der Waals surface area contributed by atoms with Gasteiger partial charge in [-0.2, -0.15) is 0 Å². The van der Waals surface area contributed by atoms with E-state index < -0.39 is 5.60 Å². The molecule has 1 aliphatic carbocycles. The third kappa shape index (κ3) is 4.65. The zero-order chi connectivity index (χ0) is 21.0. The van der Waals surface area contributed by atoms with E-state index in [9.17, 15) is 4.79 Å². The fraction of sp³-hybridized carbons (Fsp3) is 0.739. The minimum Gasteiger partial charge on any atom is -0.364 e. The molecule has 0 unspecified atom stereocenters. The van der Waals surface area contributed by atoms with E-state index in [0.29, 0.717) is 18.3 Å². The van der Waals surface area contributed by atoms with Crippen LogP contribution in [0.5, 0.6) is 0 Å². The first-order valence-electron chi connectivity index (χ1n) is 10.8. The predicted octanol–water partition coefficient (Wildman–Crippen LogP) is 3.75. The lowest BCUT2D eigenvalue weighted by Crippen LogP contribution is -2.76. The monoisotopic (exact) mass is 404 g/mol. The molecule has 1 aromatic heterocycles. The van der Waals surface area contributed by atoms with E-state index in [0.717, 1.165) is 18.0 Å². The topological polar surface area (TPSA) is 60.9 Å². The number of carbonyl (C=O) groups excluding carboxylic acids is 1. The summed E-state index contributed by atoms with van der Waals surface area (Å²) in [5.74, 6) is 1.83. The Morgan fingerprint density at radius 3 is 2.76 bits per heavy atom. The van der Waals surface area contributed by atoms with Gasteiger partial charge in [0, 0.05) is 32.5 Å². The van der Waals surface area contributed by atoms with Crippen molar-refractivity contribution >= 4 is 5.91 Å². The molecule has 1 saturated carbocycles. The highest BCUT2D eigenvalue weighted by Gasteiger charge is 2.62. The van der Waals surface area contributed by atoms with E-state index in [1.54, 1.807) is 19.1 Å². The molecule has 0 aromatic carbocycles. The summed E-state index contributed by atoms with van der Waals surface area (Å²) >= 11 is 0. The van der Waals surface area contributed by atoms with E-state index in [2.05, 4.69) is 37.9 Å². The molecule has 4 atom stereocenters. The van der Waals surface area contributed by atoms with Gasteiger partial charge in [0.25, 0.3) is 5.91 Å². The third-order valence-electron chi connectivity index (χ3n) is 6.23. The number of ether oxygens (including phenoxy) is 3. The number of hydrogen-bond acceptors (Lipinski definition) is 5. The van der Waals surface area contributed by atoms with Crippen molar-refractivity contribution in [3.05, 3.63) is 29.6 Å². The molecule has 0 N–H and O–H groups in total. The Hall–Kier alpha value is -1.50. The van der Waals surface area contributed by atoms with Crippen molar-refractivity contribution in [1.82, 2.24) is 9.88 Å². The Morgan fingerprint density at radius 1 is 1.31 bits per heavy atom. The minimum atomic E-state index is -0.934. The van der Waals surface area contributed by atoms with Gasteiger partial charge in [-0.05, 0) is 48.3 Å². The van der Waals surface area contributed by atoms with Crippen LogP contribution in [0.25, 0.3) is 0 Å². The lowest BCUT2D eigenvalue weighted by molar-refractivity contribution is -0.235. The molecule has 0 spiro atoms. The van der Waals surface area contributed by atoms with Crippen molar-refractivity contribution in [3.63, 3.8) is 0 Å². The number of hydrogen-bond donors (Lipinski definition) is 0. The van der Waals surface area contributed by atoms with Crippen LogP contribution in [0.15, 0.2) is 18.3 Å². The average molecular weight is 405 g/mol. The van der Waals surface area contributed by atoms with Crippen LogP contribution < -0.4 is 0 Å². The minimum absolute atomic E-state index is 0.0375. The summed E-state index contributed by atoms with van der Waals surface area (Å²) in [4.78, 5) is 19.5. The summed E-state index contributed by atoms with van der Waals surface area (Å²) in [7, 11) is 3.20. The average Bonchev–Trinajstić information content (AvgIpc) is 3.47. The third-order valence-corrected chi connectivity index (χ3v) is 6.23. The van der Waals surface area contributed by atoms with Gasteiger partial charge in [0.1, 0.15) is 13.5 Å². The lowest BCUT2D eigenvalue weighted by atomic mass is 9.74. The first-order valence-corrected chi connectivity index (χ1v) is 10.8. The molecule has 1 aromatic rings. The Bertz CT molecular complexity index is 695. The van der Waals surface area contributed by atoms with E-state index in [4.69, 9.17) is 14.2 Å². The van der Waals surface area contributed by atoms with Crippen LogP contribution in [0.2, 0.25) is 0 Å². The van der Waals surface area contributed by atoms with E-state index >= 15 is 0 Å². The van der Waals surface area contributed by atoms with E-state index in [1.807, 2.05) is 6.20 Å². The quantitative estimate of drug-likeness (QED) is 0.392. The maximum Gasteiger partial charge on any atom is 0.259 e. The van der Waals surface area contributed by atoms with Crippen LogP contribution in [-0.4, -0.2) is 55.2 Å². The van der Waals surface area contributed by atoms with Gasteiger partial charge < -0.3 is 19.1 Å². The molecule has 1 aliphatic heterocycles. The van der Waals surface area contributed by atoms with Crippen LogP contribution in [0.4, 0.5) is 0 Å². The first kappa shape index (κ1) is 22.2. The summed E-state index contributed by atoms with van der Waals surface area (Å²) in [6.45, 7) is 6.93. The molecular formula is C23H36N2O4. The highest BCUT2D eigenvalue weighted by Crippen LogP contribution is 2.50. The zero-order valence-corrected chi connectivity index (χ0v) is 18.5. The first-order chi connectivity index (χ1) is 14.0. The van der Waals surface area contributed by atoms with Crippen molar-refractivity contribution in [1.29, 1.82) is 0 Å². The number of methoxy groups -OCH3 is 2. The summed E-state index contributed by atoms with van der Waals surface area (Å²) < 4.78 is 16.5. The molecule has 2 aliphatic rings. The second-order valence-corrected chi connectivity index (χ2v) is 8.93. The maximum absolute atomic E-state index is 13.2. The van der Waals surface area contributed by atoms with Gasteiger partial charge in [0.2, 0.25) is 0 Å². The second kappa shape index (κ2) is 9.54. The Balaban J connectivity index is 1.82. The fourth-order valence-electron chi connectivity index (χ4n) is 4.77. The van der Waals surface area contributed by atoms with Gasteiger partial charge in [0.05, 0.1) is 6.04 Å². The highest BCUT2D eigenvalue weighted by molar-refractivity contribution is 5.93. The van der Waals surface area contributed by atoms with Crippen molar-refractivity contribution in [2.75, 3.05) is 27.7 Å². The van der Waals surface area contributed by atoms with Crippen molar-refractivity contribution in [3.8, 4) is 0 Å². The number of carbonyl (C=O) groups is 1. The summed E-state index contributed by atoms with van der Waals surface area (Å²) in [6.07, 6.45) is 6.96. The summed E-state index contributed by atoms with van der Waals surface area (Å²) in [5, 5.41) is 0. The van der Waals surface area contributed by atoms with Crippen molar-refractivity contribution in [2.24, 2.45) is 11.8 Å². The highest BCUT2D eigenvalue weighted by atomic mass is 16.7. The van der Waals surface area contributed by atoms with E-state index in [-0.39, 0.29) is 25.5 Å². The van der Waals surface area contributed by atoms with Crippen LogP contribution in [0.1, 0.15) is 63.6 Å². The zero-order valence-electron chi connectivity index (χ0n) is 18.5. The van der Waals surface area contributed by atoms with Crippen LogP contribution in [0.3, 0.4) is 0 Å². The number of nitrogens with zero attached hydrogens (tertiary/aromatic N) is 2. The largest absolute Gasteiger partial charge is 0.364 e. The summed E-state index contributed by atoms with van der Waals surface area (Å²) in [5.41, 5.74) is 1.33. The van der Waals surface area contributed by atoms with Crippen LogP contribution in [0, 0.1) is 11.8 Å². The SMILES string of the molecule is CCC[C@H]1C[C@@H]1c1ccnc(C[C@]2(OCOC)C(=O)N(COC)[C@H]2CC(C)C)c1. The molecular weight excluding hydrogens is 368 g/mol. The van der Waals surface area contributed by atoms with Gasteiger partial charge in [-0.1, -0.05) is 33.6 Å². The summed E-state index contributed by atoms with van der Waals surface area (Å²) in [6, 6.07) is 4.25. The van der Waals surface area contributed by atoms with Crippen molar-refractivity contribution in [2.45, 2.75) is 70.4 Å². The molecule has 6 nitrogen and oxygen atoms in total. The lowest BCUT2D eigenvalue weighted by Gasteiger charge is -2.55. The molecule has 0 radical (unpaired) electrons. The number of pyridine rings is 1. The second-order valence-electron chi connectivity index (χ2n) is 8.93.